The van der Waals surface area contributed by atoms with Crippen LogP contribution in [-0.2, 0) is 4.79 Å². The molecule has 0 unspecified atom stereocenters. The van der Waals surface area contributed by atoms with Gasteiger partial charge in [-0.15, -0.1) is 0 Å². The van der Waals surface area contributed by atoms with Crippen molar-refractivity contribution in [3.05, 3.63) is 54.3 Å². The molecular formula is C14H13FN2O2. The van der Waals surface area contributed by atoms with E-state index in [0.29, 0.717) is 17.1 Å². The van der Waals surface area contributed by atoms with E-state index in [1.54, 1.807) is 30.3 Å². The first kappa shape index (κ1) is 12.9. The number of hydrogen-bond donors (Lipinski definition) is 2. The number of hydrogen-bond acceptors (Lipinski definition) is 3. The molecule has 4 nitrogen and oxygen atoms in total. The summed E-state index contributed by atoms with van der Waals surface area (Å²) in [5.41, 5.74) is 6.78. The lowest BCUT2D eigenvalue weighted by Gasteiger charge is -2.07. The number of nitrogens with one attached hydrogen (secondary N) is 1. The van der Waals surface area contributed by atoms with Crippen LogP contribution in [0.4, 0.5) is 15.8 Å². The van der Waals surface area contributed by atoms with E-state index in [2.05, 4.69) is 5.32 Å². The van der Waals surface area contributed by atoms with Crippen molar-refractivity contribution < 1.29 is 13.9 Å². The van der Waals surface area contributed by atoms with Crippen LogP contribution in [0.3, 0.4) is 0 Å². The van der Waals surface area contributed by atoms with Crippen LogP contribution in [-0.4, -0.2) is 12.5 Å². The summed E-state index contributed by atoms with van der Waals surface area (Å²) < 4.78 is 18.1. The highest BCUT2D eigenvalue weighted by atomic mass is 19.1. The molecular weight excluding hydrogens is 247 g/mol. The molecule has 0 atom stereocenters. The zero-order chi connectivity index (χ0) is 13.7. The minimum absolute atomic E-state index is 0.187. The Morgan fingerprint density at radius 1 is 1.21 bits per heavy atom. The number of carbonyl (C=O) groups is 1. The summed E-state index contributed by atoms with van der Waals surface area (Å²) in [6.45, 7) is -0.187. The second-order valence-electron chi connectivity index (χ2n) is 3.92. The van der Waals surface area contributed by atoms with Gasteiger partial charge in [0.1, 0.15) is 11.6 Å². The monoisotopic (exact) mass is 260 g/mol. The van der Waals surface area contributed by atoms with Gasteiger partial charge >= 0.3 is 0 Å². The van der Waals surface area contributed by atoms with Crippen LogP contribution in [0.5, 0.6) is 5.75 Å². The molecule has 19 heavy (non-hydrogen) atoms. The van der Waals surface area contributed by atoms with Crippen LogP contribution < -0.4 is 15.8 Å². The highest BCUT2D eigenvalue weighted by Crippen LogP contribution is 2.13. The lowest BCUT2D eigenvalue weighted by Crippen LogP contribution is -2.20. The van der Waals surface area contributed by atoms with E-state index >= 15 is 0 Å². The van der Waals surface area contributed by atoms with Crippen molar-refractivity contribution in [2.75, 3.05) is 17.7 Å². The Hall–Kier alpha value is -2.56. The van der Waals surface area contributed by atoms with Gasteiger partial charge in [-0.2, -0.15) is 0 Å². The number of nitrogen functional groups attached to an aromatic ring is 1. The van der Waals surface area contributed by atoms with Gasteiger partial charge in [-0.25, -0.2) is 4.39 Å². The Morgan fingerprint density at radius 3 is 2.63 bits per heavy atom. The maximum Gasteiger partial charge on any atom is 0.262 e. The minimum Gasteiger partial charge on any atom is -0.484 e. The first-order valence-corrected chi connectivity index (χ1v) is 5.67. The third-order valence-electron chi connectivity index (χ3n) is 2.36. The van der Waals surface area contributed by atoms with Crippen LogP contribution >= 0.6 is 0 Å². The first-order valence-electron chi connectivity index (χ1n) is 5.67. The molecule has 0 fully saturated rings. The molecule has 2 aromatic rings. The highest BCUT2D eigenvalue weighted by Gasteiger charge is 2.04. The molecule has 0 saturated carbocycles. The van der Waals surface area contributed by atoms with E-state index in [0.717, 1.165) is 0 Å². The minimum atomic E-state index is -0.406. The van der Waals surface area contributed by atoms with E-state index in [-0.39, 0.29) is 12.5 Å². The fourth-order valence-corrected chi connectivity index (χ4v) is 1.47. The first-order chi connectivity index (χ1) is 9.13. The third kappa shape index (κ3) is 3.99. The lowest BCUT2D eigenvalue weighted by molar-refractivity contribution is -0.118. The van der Waals surface area contributed by atoms with E-state index in [4.69, 9.17) is 10.5 Å². The summed E-state index contributed by atoms with van der Waals surface area (Å²) in [5, 5.41) is 2.64. The number of halogens is 1. The van der Waals surface area contributed by atoms with Gasteiger partial charge in [0.2, 0.25) is 0 Å². The van der Waals surface area contributed by atoms with Crippen LogP contribution in [0, 0.1) is 5.82 Å². The Labute approximate surface area is 110 Å². The van der Waals surface area contributed by atoms with E-state index in [1.165, 1.54) is 18.2 Å². The number of rotatable bonds is 4. The summed E-state index contributed by atoms with van der Waals surface area (Å²) in [6.07, 6.45) is 0. The standard InChI is InChI=1S/C14H13FN2O2/c15-10-2-1-3-13(8-10)19-9-14(18)17-12-6-4-11(16)5-7-12/h1-8H,9,16H2,(H,17,18). The number of ether oxygens (including phenoxy) is 1. The van der Waals surface area contributed by atoms with Gasteiger partial charge in [0.25, 0.3) is 5.91 Å². The number of carbonyl (C=O) groups excluding carboxylic acids is 1. The summed E-state index contributed by atoms with van der Waals surface area (Å²) in [4.78, 5) is 11.6. The van der Waals surface area contributed by atoms with Gasteiger partial charge in [-0.1, -0.05) is 6.07 Å². The van der Waals surface area contributed by atoms with Gasteiger partial charge in [0, 0.05) is 17.4 Å². The van der Waals surface area contributed by atoms with Gasteiger partial charge in [-0.3, -0.25) is 4.79 Å². The lowest BCUT2D eigenvalue weighted by atomic mass is 10.3. The molecule has 0 aromatic heterocycles. The van der Waals surface area contributed by atoms with Gasteiger partial charge in [-0.05, 0) is 36.4 Å². The molecule has 0 aliphatic carbocycles. The zero-order valence-electron chi connectivity index (χ0n) is 10.1. The molecule has 0 aliphatic heterocycles. The third-order valence-corrected chi connectivity index (χ3v) is 2.36. The molecule has 2 rings (SSSR count). The van der Waals surface area contributed by atoms with Crippen molar-refractivity contribution >= 4 is 17.3 Å². The average molecular weight is 260 g/mol. The number of anilines is 2. The molecule has 3 N–H and O–H groups in total. The summed E-state index contributed by atoms with van der Waals surface area (Å²) in [6, 6.07) is 12.4. The van der Waals surface area contributed by atoms with Crippen LogP contribution in [0.1, 0.15) is 0 Å². The normalized spacial score (nSPS) is 9.95. The van der Waals surface area contributed by atoms with Crippen molar-refractivity contribution in [1.29, 1.82) is 0 Å². The molecule has 2 aromatic carbocycles. The van der Waals surface area contributed by atoms with E-state index in [9.17, 15) is 9.18 Å². The largest absolute Gasteiger partial charge is 0.484 e. The molecule has 0 bridgehead atoms. The van der Waals surface area contributed by atoms with Crippen molar-refractivity contribution in [2.24, 2.45) is 0 Å². The van der Waals surface area contributed by atoms with Crippen LogP contribution in [0.25, 0.3) is 0 Å². The zero-order valence-corrected chi connectivity index (χ0v) is 10.1. The summed E-state index contributed by atoms with van der Waals surface area (Å²) in [5.74, 6) is -0.419. The molecule has 0 heterocycles. The van der Waals surface area contributed by atoms with Gasteiger partial charge < -0.3 is 15.8 Å². The Kier molecular flexibility index (Phi) is 3.97. The second-order valence-corrected chi connectivity index (χ2v) is 3.92. The van der Waals surface area contributed by atoms with E-state index in [1.807, 2.05) is 0 Å². The topological polar surface area (TPSA) is 64.3 Å². The van der Waals surface area contributed by atoms with Crippen molar-refractivity contribution in [3.63, 3.8) is 0 Å². The Morgan fingerprint density at radius 2 is 1.95 bits per heavy atom. The predicted octanol–water partition coefficient (Wildman–Crippen LogP) is 2.43. The maximum atomic E-state index is 12.9. The fourth-order valence-electron chi connectivity index (χ4n) is 1.47. The molecule has 0 aliphatic rings. The number of benzene rings is 2. The average Bonchev–Trinajstić information content (AvgIpc) is 2.39. The molecule has 0 saturated heterocycles. The second kappa shape index (κ2) is 5.86. The smallest absolute Gasteiger partial charge is 0.262 e. The molecule has 1 amide bonds. The van der Waals surface area contributed by atoms with Crippen LogP contribution in [0.15, 0.2) is 48.5 Å². The predicted molar refractivity (Wildman–Crippen MR) is 71.4 cm³/mol. The fraction of sp³-hybridized carbons (Fsp3) is 0.0714. The number of amides is 1. The van der Waals surface area contributed by atoms with E-state index < -0.39 is 5.82 Å². The SMILES string of the molecule is Nc1ccc(NC(=O)COc2cccc(F)c2)cc1. The Balaban J connectivity index is 1.86. The van der Waals surface area contributed by atoms with Crippen molar-refractivity contribution in [3.8, 4) is 5.75 Å². The molecule has 98 valence electrons. The quantitative estimate of drug-likeness (QED) is 0.830. The van der Waals surface area contributed by atoms with Gasteiger partial charge in [0.15, 0.2) is 6.61 Å². The molecule has 5 heteroatoms. The van der Waals surface area contributed by atoms with Crippen LogP contribution in [0.2, 0.25) is 0 Å². The summed E-state index contributed by atoms with van der Waals surface area (Å²) >= 11 is 0. The van der Waals surface area contributed by atoms with Crippen molar-refractivity contribution in [1.82, 2.24) is 0 Å². The molecule has 0 spiro atoms. The summed E-state index contributed by atoms with van der Waals surface area (Å²) in [7, 11) is 0. The van der Waals surface area contributed by atoms with Crippen molar-refractivity contribution in [2.45, 2.75) is 0 Å². The Bertz CT molecular complexity index is 570. The molecule has 0 radical (unpaired) electrons. The highest BCUT2D eigenvalue weighted by molar-refractivity contribution is 5.92. The maximum absolute atomic E-state index is 12.9. The van der Waals surface area contributed by atoms with Gasteiger partial charge in [0.05, 0.1) is 0 Å². The number of nitrogens with two attached hydrogens (primary N) is 1.